The summed E-state index contributed by atoms with van der Waals surface area (Å²) in [4.78, 5) is 17.9. The lowest BCUT2D eigenvalue weighted by Crippen LogP contribution is -2.55. The third-order valence-electron chi connectivity index (χ3n) is 6.11. The summed E-state index contributed by atoms with van der Waals surface area (Å²) in [6.07, 6.45) is 1.85. The van der Waals surface area contributed by atoms with Crippen molar-refractivity contribution in [3.63, 3.8) is 0 Å². The number of unbranched alkanes of at least 4 members (excludes halogenated alkanes) is 1. The first kappa shape index (κ1) is 26.7. The van der Waals surface area contributed by atoms with E-state index in [1.54, 1.807) is 0 Å². The Morgan fingerprint density at radius 1 is 1.09 bits per heavy atom. The molecule has 0 bridgehead atoms. The van der Waals surface area contributed by atoms with Gasteiger partial charge in [-0.3, -0.25) is 9.69 Å². The third kappa shape index (κ3) is 8.45. The van der Waals surface area contributed by atoms with Crippen LogP contribution in [0.15, 0.2) is 30.3 Å². The van der Waals surface area contributed by atoms with E-state index < -0.39 is 12.2 Å². The number of likely N-dealkylation sites (tertiary alicyclic amines) is 1. The molecule has 2 rings (SSSR count). The van der Waals surface area contributed by atoms with E-state index in [4.69, 9.17) is 14.9 Å². The molecule has 7 heteroatoms. The van der Waals surface area contributed by atoms with E-state index in [1.807, 2.05) is 24.8 Å². The van der Waals surface area contributed by atoms with Crippen LogP contribution in [0.4, 0.5) is 0 Å². The Labute approximate surface area is 193 Å². The van der Waals surface area contributed by atoms with Crippen molar-refractivity contribution < 1.29 is 24.9 Å². The summed E-state index contributed by atoms with van der Waals surface area (Å²) < 4.78 is 5.84. The zero-order valence-electron chi connectivity index (χ0n) is 19.7. The normalized spacial score (nSPS) is 17.4. The fourth-order valence-corrected chi connectivity index (χ4v) is 4.42. The second kappa shape index (κ2) is 14.6. The van der Waals surface area contributed by atoms with E-state index >= 15 is 0 Å². The van der Waals surface area contributed by atoms with Crippen molar-refractivity contribution >= 4 is 5.91 Å². The minimum absolute atomic E-state index is 0.00163. The summed E-state index contributed by atoms with van der Waals surface area (Å²) in [7, 11) is 0. The molecule has 0 saturated carbocycles. The molecule has 0 aromatic heterocycles. The van der Waals surface area contributed by atoms with Crippen molar-refractivity contribution in [1.82, 2.24) is 9.80 Å². The van der Waals surface area contributed by atoms with Crippen molar-refractivity contribution in [1.29, 1.82) is 0 Å². The van der Waals surface area contributed by atoms with Gasteiger partial charge in [-0.25, -0.2) is 0 Å². The predicted octanol–water partition coefficient (Wildman–Crippen LogP) is 2.18. The van der Waals surface area contributed by atoms with Gasteiger partial charge < -0.3 is 25.0 Å². The highest BCUT2D eigenvalue weighted by Crippen LogP contribution is 2.23. The smallest absolute Gasteiger partial charge is 0.254 e. The average molecular weight is 451 g/mol. The minimum Gasteiger partial charge on any atom is -0.396 e. The molecule has 32 heavy (non-hydrogen) atoms. The van der Waals surface area contributed by atoms with Gasteiger partial charge in [0.25, 0.3) is 5.91 Å². The Bertz CT molecular complexity index is 634. The first-order chi connectivity index (χ1) is 15.5. The Morgan fingerprint density at radius 3 is 2.34 bits per heavy atom. The van der Waals surface area contributed by atoms with Crippen LogP contribution in [0.5, 0.6) is 0 Å². The molecule has 7 nitrogen and oxygen atoms in total. The minimum atomic E-state index is -0.955. The van der Waals surface area contributed by atoms with Crippen LogP contribution >= 0.6 is 0 Å². The topological polar surface area (TPSA) is 93.5 Å². The Hall–Kier alpha value is -1.51. The van der Waals surface area contributed by atoms with Crippen LogP contribution in [0.25, 0.3) is 0 Å². The highest BCUT2D eigenvalue weighted by atomic mass is 16.5. The van der Waals surface area contributed by atoms with E-state index in [0.29, 0.717) is 32.3 Å². The Morgan fingerprint density at radius 2 is 1.75 bits per heavy atom. The summed E-state index contributed by atoms with van der Waals surface area (Å²) >= 11 is 0. The fourth-order valence-electron chi connectivity index (χ4n) is 4.42. The van der Waals surface area contributed by atoms with E-state index in [9.17, 15) is 9.90 Å². The molecule has 1 aliphatic heterocycles. The molecular formula is C25H42N2O5. The van der Waals surface area contributed by atoms with Crippen LogP contribution in [0.3, 0.4) is 0 Å². The molecule has 0 radical (unpaired) electrons. The Kier molecular flexibility index (Phi) is 12.2. The van der Waals surface area contributed by atoms with Gasteiger partial charge in [-0.05, 0) is 57.9 Å². The number of aliphatic hydroxyl groups excluding tert-OH is 3. The van der Waals surface area contributed by atoms with Crippen molar-refractivity contribution in [3.05, 3.63) is 35.9 Å². The van der Waals surface area contributed by atoms with Gasteiger partial charge in [0.2, 0.25) is 0 Å². The lowest BCUT2D eigenvalue weighted by atomic mass is 9.98. The largest absolute Gasteiger partial charge is 0.396 e. The SMILES string of the molecule is CC(C)N(C(=O)C(OCCCCO)C(O)CCCO)C1CCN(Cc2ccccc2)CC1. The number of benzene rings is 1. The quantitative estimate of drug-likeness (QED) is 0.376. The zero-order chi connectivity index (χ0) is 23.3. The van der Waals surface area contributed by atoms with Gasteiger partial charge in [-0.2, -0.15) is 0 Å². The lowest BCUT2D eigenvalue weighted by molar-refractivity contribution is -0.158. The number of nitrogens with zero attached hydrogens (tertiary/aromatic N) is 2. The number of carbonyl (C=O) groups is 1. The number of aliphatic hydroxyl groups is 3. The molecule has 3 N–H and O–H groups in total. The second-order valence-corrected chi connectivity index (χ2v) is 8.99. The van der Waals surface area contributed by atoms with Crippen LogP contribution < -0.4 is 0 Å². The first-order valence-corrected chi connectivity index (χ1v) is 12.1. The summed E-state index contributed by atoms with van der Waals surface area (Å²) in [6.45, 7) is 7.14. The number of carbonyl (C=O) groups excluding carboxylic acids is 1. The molecule has 1 aromatic rings. The first-order valence-electron chi connectivity index (χ1n) is 12.1. The van der Waals surface area contributed by atoms with E-state index in [2.05, 4.69) is 29.2 Å². The number of hydrogen-bond acceptors (Lipinski definition) is 6. The standard InChI is InChI=1S/C25H42N2O5/c1-20(2)27(22-12-14-26(15-13-22)19-21-9-4-3-5-10-21)25(31)24(23(30)11-8-17-29)32-18-7-6-16-28/h3-5,9-10,20,22-24,28-30H,6-8,11-19H2,1-2H3. The third-order valence-corrected chi connectivity index (χ3v) is 6.11. The summed E-state index contributed by atoms with van der Waals surface area (Å²) in [5.41, 5.74) is 1.30. The molecule has 0 spiro atoms. The number of hydrogen-bond donors (Lipinski definition) is 3. The number of amides is 1. The van der Waals surface area contributed by atoms with Crippen molar-refractivity contribution in [2.24, 2.45) is 0 Å². The maximum Gasteiger partial charge on any atom is 0.254 e. The van der Waals surface area contributed by atoms with Gasteiger partial charge in [-0.1, -0.05) is 30.3 Å². The molecule has 1 aromatic carbocycles. The van der Waals surface area contributed by atoms with Crippen LogP contribution in [0, 0.1) is 0 Å². The van der Waals surface area contributed by atoms with Gasteiger partial charge in [0.15, 0.2) is 6.10 Å². The zero-order valence-corrected chi connectivity index (χ0v) is 19.7. The highest BCUT2D eigenvalue weighted by Gasteiger charge is 2.37. The number of rotatable bonds is 14. The predicted molar refractivity (Wildman–Crippen MR) is 125 cm³/mol. The van der Waals surface area contributed by atoms with Crippen LogP contribution in [-0.2, 0) is 16.1 Å². The van der Waals surface area contributed by atoms with Crippen molar-refractivity contribution in [2.75, 3.05) is 32.9 Å². The van der Waals surface area contributed by atoms with Crippen LogP contribution in [-0.4, -0.2) is 88.2 Å². The molecule has 1 fully saturated rings. The summed E-state index contributed by atoms with van der Waals surface area (Å²) in [6, 6.07) is 10.5. The summed E-state index contributed by atoms with van der Waals surface area (Å²) in [5.74, 6) is -0.170. The monoisotopic (exact) mass is 450 g/mol. The Balaban J connectivity index is 2.01. The van der Waals surface area contributed by atoms with Crippen molar-refractivity contribution in [2.45, 2.75) is 83.2 Å². The molecule has 1 amide bonds. The maximum absolute atomic E-state index is 13.5. The second-order valence-electron chi connectivity index (χ2n) is 8.99. The lowest BCUT2D eigenvalue weighted by Gasteiger charge is -2.42. The molecular weight excluding hydrogens is 408 g/mol. The van der Waals surface area contributed by atoms with Gasteiger partial charge in [0.1, 0.15) is 0 Å². The molecule has 1 aliphatic rings. The fraction of sp³-hybridized carbons (Fsp3) is 0.720. The van der Waals surface area contributed by atoms with E-state index in [0.717, 1.165) is 32.5 Å². The average Bonchev–Trinajstić information content (AvgIpc) is 2.79. The molecule has 1 saturated heterocycles. The number of piperidine rings is 1. The molecule has 182 valence electrons. The molecule has 1 heterocycles. The summed E-state index contributed by atoms with van der Waals surface area (Å²) in [5, 5.41) is 28.8. The molecule has 0 aliphatic carbocycles. The van der Waals surface area contributed by atoms with Gasteiger partial charge in [0.05, 0.1) is 6.10 Å². The van der Waals surface area contributed by atoms with Gasteiger partial charge >= 0.3 is 0 Å². The molecule has 2 unspecified atom stereocenters. The van der Waals surface area contributed by atoms with Crippen LogP contribution in [0.2, 0.25) is 0 Å². The van der Waals surface area contributed by atoms with Gasteiger partial charge in [0, 0.05) is 51.5 Å². The van der Waals surface area contributed by atoms with Gasteiger partial charge in [-0.15, -0.1) is 0 Å². The van der Waals surface area contributed by atoms with Crippen LogP contribution in [0.1, 0.15) is 57.9 Å². The van der Waals surface area contributed by atoms with Crippen molar-refractivity contribution in [3.8, 4) is 0 Å². The number of ether oxygens (including phenoxy) is 1. The van der Waals surface area contributed by atoms with E-state index in [1.165, 1.54) is 5.56 Å². The molecule has 2 atom stereocenters. The van der Waals surface area contributed by atoms with E-state index in [-0.39, 0.29) is 31.2 Å². The maximum atomic E-state index is 13.5. The highest BCUT2D eigenvalue weighted by molar-refractivity contribution is 5.82.